The Kier molecular flexibility index (Phi) is 9.33. The van der Waals surface area contributed by atoms with E-state index in [-0.39, 0.29) is 28.4 Å². The number of sulfonamides is 1. The lowest BCUT2D eigenvalue weighted by Gasteiger charge is -2.09. The number of pyridine rings is 1. The molecule has 3 rings (SSSR count). The first-order valence-electron chi connectivity index (χ1n) is 11.5. The van der Waals surface area contributed by atoms with E-state index in [1.165, 1.54) is 42.0 Å². The van der Waals surface area contributed by atoms with Gasteiger partial charge in [0.15, 0.2) is 0 Å². The van der Waals surface area contributed by atoms with E-state index in [1.54, 1.807) is 13.8 Å². The molecule has 0 unspecified atom stereocenters. The van der Waals surface area contributed by atoms with Gasteiger partial charge in [-0.05, 0) is 62.6 Å². The van der Waals surface area contributed by atoms with Crippen LogP contribution in [0.3, 0.4) is 0 Å². The van der Waals surface area contributed by atoms with Crippen molar-refractivity contribution in [2.24, 2.45) is 0 Å². The molecule has 0 radical (unpaired) electrons. The summed E-state index contributed by atoms with van der Waals surface area (Å²) in [7, 11) is -4.21. The molecule has 0 saturated carbocycles. The minimum Gasteiger partial charge on any atom is -0.431 e. The van der Waals surface area contributed by atoms with Crippen LogP contribution in [0.25, 0.3) is 0 Å². The van der Waals surface area contributed by atoms with Gasteiger partial charge in [0.05, 0.1) is 16.6 Å². The first-order chi connectivity index (χ1) is 17.6. The fourth-order valence-corrected chi connectivity index (χ4v) is 4.12. The molecule has 10 nitrogen and oxygen atoms in total. The second-order valence-electron chi connectivity index (χ2n) is 8.21. The Balaban J connectivity index is 1.52. The molecule has 0 spiro atoms. The molecule has 0 saturated heterocycles. The zero-order valence-electron chi connectivity index (χ0n) is 20.3. The summed E-state index contributed by atoms with van der Waals surface area (Å²) in [6.45, 7) is 3.78. The molecule has 3 aromatic rings. The van der Waals surface area contributed by atoms with Gasteiger partial charge in [0.2, 0.25) is 5.88 Å². The van der Waals surface area contributed by atoms with Crippen molar-refractivity contribution in [2.75, 3.05) is 6.54 Å². The number of carbonyl (C=O) groups excluding carboxylic acids is 3. The molecule has 1 aromatic heterocycles. The summed E-state index contributed by atoms with van der Waals surface area (Å²) in [6, 6.07) is 17.6. The van der Waals surface area contributed by atoms with Gasteiger partial charge in [0, 0.05) is 24.4 Å². The van der Waals surface area contributed by atoms with Crippen molar-refractivity contribution in [3.05, 3.63) is 89.6 Å². The SMILES string of the molecule is CC(C)OC(=O)Oc1ccc(C(=O)NS(=O)(=O)c2ccc(C(=O)NCCCc3ccccc3)cc2)cn1. The van der Waals surface area contributed by atoms with E-state index in [2.05, 4.69) is 10.3 Å². The number of aryl methyl sites for hydroxylation is 1. The van der Waals surface area contributed by atoms with Crippen LogP contribution < -0.4 is 14.8 Å². The number of benzene rings is 2. The monoisotopic (exact) mass is 525 g/mol. The highest BCUT2D eigenvalue weighted by atomic mass is 32.2. The Labute approximate surface area is 215 Å². The molecule has 0 fully saturated rings. The summed E-state index contributed by atoms with van der Waals surface area (Å²) in [4.78, 5) is 39.9. The third kappa shape index (κ3) is 8.43. The van der Waals surface area contributed by atoms with E-state index >= 15 is 0 Å². The molecule has 0 atom stereocenters. The van der Waals surface area contributed by atoms with E-state index in [0.717, 1.165) is 19.0 Å². The van der Waals surface area contributed by atoms with Gasteiger partial charge in [0.25, 0.3) is 21.8 Å². The minimum atomic E-state index is -4.21. The lowest BCUT2D eigenvalue weighted by atomic mass is 10.1. The van der Waals surface area contributed by atoms with Crippen LogP contribution in [0.2, 0.25) is 0 Å². The summed E-state index contributed by atoms with van der Waals surface area (Å²) < 4.78 is 36.9. The van der Waals surface area contributed by atoms with Gasteiger partial charge >= 0.3 is 6.16 Å². The van der Waals surface area contributed by atoms with E-state index < -0.39 is 22.1 Å². The van der Waals surface area contributed by atoms with Gasteiger partial charge in [-0.1, -0.05) is 30.3 Å². The van der Waals surface area contributed by atoms with Crippen LogP contribution in [0.15, 0.2) is 77.8 Å². The van der Waals surface area contributed by atoms with Crippen LogP contribution in [0.4, 0.5) is 4.79 Å². The Morgan fingerprint density at radius 3 is 2.19 bits per heavy atom. The highest BCUT2D eigenvalue weighted by Crippen LogP contribution is 2.13. The number of hydrogen-bond acceptors (Lipinski definition) is 8. The summed E-state index contributed by atoms with van der Waals surface area (Å²) in [5, 5.41) is 2.80. The predicted octanol–water partition coefficient (Wildman–Crippen LogP) is 3.49. The van der Waals surface area contributed by atoms with Gasteiger partial charge in [-0.3, -0.25) is 9.59 Å². The topological polar surface area (TPSA) is 141 Å². The van der Waals surface area contributed by atoms with Crippen LogP contribution in [0, 0.1) is 0 Å². The number of amides is 2. The zero-order valence-corrected chi connectivity index (χ0v) is 21.2. The number of nitrogens with one attached hydrogen (secondary N) is 2. The number of ether oxygens (including phenoxy) is 2. The molecule has 37 heavy (non-hydrogen) atoms. The second kappa shape index (κ2) is 12.6. The average molecular weight is 526 g/mol. The van der Waals surface area contributed by atoms with Crippen LogP contribution in [0.1, 0.15) is 46.5 Å². The zero-order chi connectivity index (χ0) is 26.8. The predicted molar refractivity (Wildman–Crippen MR) is 135 cm³/mol. The lowest BCUT2D eigenvalue weighted by Crippen LogP contribution is -2.30. The Hall–Kier alpha value is -4.25. The number of carbonyl (C=O) groups is 3. The quantitative estimate of drug-likeness (QED) is 0.303. The number of aromatic nitrogens is 1. The van der Waals surface area contributed by atoms with E-state index in [1.807, 2.05) is 35.1 Å². The fraction of sp³-hybridized carbons (Fsp3) is 0.231. The van der Waals surface area contributed by atoms with Gasteiger partial charge < -0.3 is 14.8 Å². The maximum absolute atomic E-state index is 12.6. The van der Waals surface area contributed by atoms with Crippen LogP contribution >= 0.6 is 0 Å². The van der Waals surface area contributed by atoms with E-state index in [9.17, 15) is 22.8 Å². The molecule has 194 valence electrons. The highest BCUT2D eigenvalue weighted by Gasteiger charge is 2.20. The van der Waals surface area contributed by atoms with Gasteiger partial charge in [-0.2, -0.15) is 0 Å². The number of rotatable bonds is 10. The maximum Gasteiger partial charge on any atom is 0.515 e. The highest BCUT2D eigenvalue weighted by molar-refractivity contribution is 7.90. The van der Waals surface area contributed by atoms with Crippen molar-refractivity contribution in [3.63, 3.8) is 0 Å². The lowest BCUT2D eigenvalue weighted by molar-refractivity contribution is 0.0715. The van der Waals surface area contributed by atoms with Crippen molar-refractivity contribution in [3.8, 4) is 5.88 Å². The molecule has 0 aliphatic heterocycles. The second-order valence-corrected chi connectivity index (χ2v) is 9.89. The first kappa shape index (κ1) is 27.3. The molecule has 1 heterocycles. The van der Waals surface area contributed by atoms with Crippen molar-refractivity contribution in [1.29, 1.82) is 0 Å². The molecular weight excluding hydrogens is 498 g/mol. The van der Waals surface area contributed by atoms with Crippen LogP contribution in [0.5, 0.6) is 5.88 Å². The Bertz CT molecular complexity index is 1320. The molecular formula is C26H27N3O7S. The molecule has 2 amide bonds. The molecule has 0 aliphatic rings. The standard InChI is InChI=1S/C26H27N3O7S/c1-18(2)35-26(32)36-23-15-12-21(17-28-23)25(31)29-37(33,34)22-13-10-20(11-14-22)24(30)27-16-6-9-19-7-4-3-5-8-19/h3-5,7-8,10-15,17-18H,6,9,16H2,1-2H3,(H,27,30)(H,29,31). The number of nitrogens with zero attached hydrogens (tertiary/aromatic N) is 1. The summed E-state index contributed by atoms with van der Waals surface area (Å²) in [5.41, 5.74) is 1.40. The minimum absolute atomic E-state index is 0.0698. The summed E-state index contributed by atoms with van der Waals surface area (Å²) in [5.74, 6) is -1.37. The maximum atomic E-state index is 12.6. The third-order valence-electron chi connectivity index (χ3n) is 4.94. The molecule has 2 aromatic carbocycles. The van der Waals surface area contributed by atoms with Crippen molar-refractivity contribution in [2.45, 2.75) is 37.7 Å². The van der Waals surface area contributed by atoms with Crippen molar-refractivity contribution < 1.29 is 32.3 Å². The Morgan fingerprint density at radius 2 is 1.57 bits per heavy atom. The third-order valence-corrected chi connectivity index (χ3v) is 6.29. The van der Waals surface area contributed by atoms with Gasteiger partial charge in [0.1, 0.15) is 0 Å². The fourth-order valence-electron chi connectivity index (χ4n) is 3.14. The average Bonchev–Trinajstić information content (AvgIpc) is 2.87. The van der Waals surface area contributed by atoms with E-state index in [4.69, 9.17) is 9.47 Å². The summed E-state index contributed by atoms with van der Waals surface area (Å²) >= 11 is 0. The molecule has 0 aliphatic carbocycles. The van der Waals surface area contributed by atoms with Gasteiger partial charge in [-0.15, -0.1) is 0 Å². The van der Waals surface area contributed by atoms with Crippen LogP contribution in [-0.2, 0) is 21.2 Å². The largest absolute Gasteiger partial charge is 0.515 e. The van der Waals surface area contributed by atoms with Crippen molar-refractivity contribution >= 4 is 28.0 Å². The molecule has 2 N–H and O–H groups in total. The Morgan fingerprint density at radius 1 is 0.892 bits per heavy atom. The molecule has 0 bridgehead atoms. The first-order valence-corrected chi connectivity index (χ1v) is 13.0. The van der Waals surface area contributed by atoms with Crippen molar-refractivity contribution in [1.82, 2.24) is 15.0 Å². The van der Waals surface area contributed by atoms with Gasteiger partial charge in [-0.25, -0.2) is 22.9 Å². The van der Waals surface area contributed by atoms with Crippen LogP contribution in [-0.4, -0.2) is 44.0 Å². The summed E-state index contributed by atoms with van der Waals surface area (Å²) in [6.07, 6.45) is 1.32. The molecule has 11 heteroatoms. The smallest absolute Gasteiger partial charge is 0.431 e. The van der Waals surface area contributed by atoms with E-state index in [0.29, 0.717) is 12.1 Å². The normalized spacial score (nSPS) is 11.0. The number of hydrogen-bond donors (Lipinski definition) is 2.